The average Bonchev–Trinajstić information content (AvgIpc) is 3.18. The molecule has 1 aliphatic carbocycles. The quantitative estimate of drug-likeness (QED) is 0.861. The monoisotopic (exact) mass is 351 g/mol. The van der Waals surface area contributed by atoms with E-state index in [9.17, 15) is 4.79 Å². The lowest BCUT2D eigenvalue weighted by Gasteiger charge is -2.16. The van der Waals surface area contributed by atoms with Gasteiger partial charge >= 0.3 is 5.97 Å². The van der Waals surface area contributed by atoms with Crippen molar-refractivity contribution in [2.45, 2.75) is 25.4 Å². The van der Waals surface area contributed by atoms with Gasteiger partial charge in [-0.3, -0.25) is 9.69 Å². The van der Waals surface area contributed by atoms with Gasteiger partial charge in [0.15, 0.2) is 0 Å². The van der Waals surface area contributed by atoms with E-state index in [0.29, 0.717) is 24.3 Å². The predicted octanol–water partition coefficient (Wildman–Crippen LogP) is 2.55. The summed E-state index contributed by atoms with van der Waals surface area (Å²) in [5, 5.41) is 12.9. The van der Waals surface area contributed by atoms with E-state index in [-0.39, 0.29) is 6.54 Å². The Bertz CT molecular complexity index is 654. The molecule has 1 aliphatic rings. The summed E-state index contributed by atoms with van der Waals surface area (Å²) in [6.07, 6.45) is 2.06. The van der Waals surface area contributed by atoms with E-state index in [4.69, 9.17) is 9.63 Å². The molecule has 6 nitrogen and oxygen atoms in total. The van der Waals surface area contributed by atoms with Crippen molar-refractivity contribution in [2.24, 2.45) is 0 Å². The Balaban J connectivity index is 1.73. The van der Waals surface area contributed by atoms with Crippen molar-refractivity contribution < 1.29 is 14.4 Å². The van der Waals surface area contributed by atoms with E-state index < -0.39 is 5.97 Å². The van der Waals surface area contributed by atoms with Crippen molar-refractivity contribution in [3.63, 3.8) is 0 Å². The van der Waals surface area contributed by atoms with Crippen molar-refractivity contribution in [3.05, 3.63) is 34.6 Å². The van der Waals surface area contributed by atoms with E-state index in [1.807, 2.05) is 29.2 Å². The highest BCUT2D eigenvalue weighted by Crippen LogP contribution is 2.28. The first-order valence-electron chi connectivity index (χ1n) is 6.66. The maximum atomic E-state index is 10.9. The number of nitrogens with zero attached hydrogens (tertiary/aromatic N) is 3. The van der Waals surface area contributed by atoms with Crippen molar-refractivity contribution in [2.75, 3.05) is 6.54 Å². The van der Waals surface area contributed by atoms with Gasteiger partial charge in [-0.05, 0) is 25.0 Å². The van der Waals surface area contributed by atoms with Gasteiger partial charge in [-0.2, -0.15) is 4.98 Å². The van der Waals surface area contributed by atoms with Crippen LogP contribution < -0.4 is 0 Å². The van der Waals surface area contributed by atoms with E-state index >= 15 is 0 Å². The number of aromatic nitrogens is 2. The van der Waals surface area contributed by atoms with Crippen LogP contribution in [0.1, 0.15) is 18.7 Å². The molecule has 21 heavy (non-hydrogen) atoms. The third kappa shape index (κ3) is 3.68. The second-order valence-electron chi connectivity index (χ2n) is 5.05. The van der Waals surface area contributed by atoms with E-state index in [2.05, 4.69) is 26.1 Å². The molecule has 1 aromatic heterocycles. The third-order valence-corrected chi connectivity index (χ3v) is 3.78. The van der Waals surface area contributed by atoms with Crippen LogP contribution in [-0.4, -0.2) is 38.7 Å². The highest BCUT2D eigenvalue weighted by Gasteiger charge is 2.31. The molecule has 110 valence electrons. The zero-order chi connectivity index (χ0) is 14.8. The van der Waals surface area contributed by atoms with Crippen LogP contribution >= 0.6 is 15.9 Å². The van der Waals surface area contributed by atoms with Crippen LogP contribution in [0.25, 0.3) is 11.4 Å². The fraction of sp³-hybridized carbons (Fsp3) is 0.357. The minimum Gasteiger partial charge on any atom is -0.480 e. The van der Waals surface area contributed by atoms with Gasteiger partial charge in [-0.15, -0.1) is 0 Å². The van der Waals surface area contributed by atoms with Crippen LogP contribution in [-0.2, 0) is 11.3 Å². The Morgan fingerprint density at radius 3 is 2.95 bits per heavy atom. The molecule has 7 heteroatoms. The standard InChI is InChI=1S/C14H14BrN3O3/c15-10-3-1-2-9(6-10)14-16-12(21-17-14)7-18(8-13(19)20)11-4-5-11/h1-3,6,11H,4-5,7-8H2,(H,19,20). The summed E-state index contributed by atoms with van der Waals surface area (Å²) < 4.78 is 6.18. The molecule has 0 saturated heterocycles. The summed E-state index contributed by atoms with van der Waals surface area (Å²) in [7, 11) is 0. The smallest absolute Gasteiger partial charge is 0.317 e. The largest absolute Gasteiger partial charge is 0.480 e. The molecule has 0 aliphatic heterocycles. The molecule has 1 N–H and O–H groups in total. The molecule has 0 atom stereocenters. The van der Waals surface area contributed by atoms with Gasteiger partial charge in [0.1, 0.15) is 0 Å². The van der Waals surface area contributed by atoms with Gasteiger partial charge in [-0.25, -0.2) is 0 Å². The lowest BCUT2D eigenvalue weighted by atomic mass is 10.2. The number of carbonyl (C=O) groups is 1. The van der Waals surface area contributed by atoms with Crippen LogP contribution in [0.5, 0.6) is 0 Å². The molecule has 1 aromatic carbocycles. The summed E-state index contributed by atoms with van der Waals surface area (Å²) in [6.45, 7) is 0.372. The summed E-state index contributed by atoms with van der Waals surface area (Å²) in [6, 6.07) is 7.95. The Hall–Kier alpha value is -1.73. The molecule has 1 heterocycles. The van der Waals surface area contributed by atoms with Crippen molar-refractivity contribution in [1.29, 1.82) is 0 Å². The van der Waals surface area contributed by atoms with E-state index in [1.165, 1.54) is 0 Å². The van der Waals surface area contributed by atoms with E-state index in [0.717, 1.165) is 22.9 Å². The lowest BCUT2D eigenvalue weighted by Crippen LogP contribution is -2.31. The summed E-state index contributed by atoms with van der Waals surface area (Å²) in [5.41, 5.74) is 0.857. The zero-order valence-electron chi connectivity index (χ0n) is 11.2. The molecule has 0 bridgehead atoms. The third-order valence-electron chi connectivity index (χ3n) is 3.29. The highest BCUT2D eigenvalue weighted by atomic mass is 79.9. The van der Waals surface area contributed by atoms with Crippen molar-refractivity contribution >= 4 is 21.9 Å². The van der Waals surface area contributed by atoms with Crippen LogP contribution in [0.3, 0.4) is 0 Å². The zero-order valence-corrected chi connectivity index (χ0v) is 12.8. The fourth-order valence-electron chi connectivity index (χ4n) is 2.17. The summed E-state index contributed by atoms with van der Waals surface area (Å²) in [5.74, 6) is 0.115. The Morgan fingerprint density at radius 1 is 1.48 bits per heavy atom. The topological polar surface area (TPSA) is 79.5 Å². The SMILES string of the molecule is O=C(O)CN(Cc1nc(-c2cccc(Br)c2)no1)C1CC1. The Labute approximate surface area is 129 Å². The van der Waals surface area contributed by atoms with Gasteiger partial charge in [0.25, 0.3) is 0 Å². The maximum Gasteiger partial charge on any atom is 0.317 e. The van der Waals surface area contributed by atoms with Gasteiger partial charge in [-0.1, -0.05) is 33.2 Å². The van der Waals surface area contributed by atoms with Crippen LogP contribution in [0.15, 0.2) is 33.3 Å². The van der Waals surface area contributed by atoms with Crippen LogP contribution in [0.2, 0.25) is 0 Å². The first-order chi connectivity index (χ1) is 10.1. The predicted molar refractivity (Wildman–Crippen MR) is 78.5 cm³/mol. The number of hydrogen-bond donors (Lipinski definition) is 1. The number of aliphatic carboxylic acids is 1. The van der Waals surface area contributed by atoms with Crippen molar-refractivity contribution in [1.82, 2.24) is 15.0 Å². The lowest BCUT2D eigenvalue weighted by molar-refractivity contribution is -0.138. The Morgan fingerprint density at radius 2 is 2.29 bits per heavy atom. The average molecular weight is 352 g/mol. The summed E-state index contributed by atoms with van der Waals surface area (Å²) in [4.78, 5) is 17.1. The van der Waals surface area contributed by atoms with Gasteiger partial charge in [0.2, 0.25) is 11.7 Å². The maximum absolute atomic E-state index is 10.9. The normalized spacial score (nSPS) is 14.6. The number of carboxylic acids is 1. The van der Waals surface area contributed by atoms with Gasteiger partial charge in [0, 0.05) is 16.1 Å². The molecular formula is C14H14BrN3O3. The van der Waals surface area contributed by atoms with Gasteiger partial charge in [0.05, 0.1) is 13.1 Å². The fourth-order valence-corrected chi connectivity index (χ4v) is 2.56. The highest BCUT2D eigenvalue weighted by molar-refractivity contribution is 9.10. The summed E-state index contributed by atoms with van der Waals surface area (Å²) >= 11 is 3.40. The first kappa shape index (κ1) is 14.2. The number of hydrogen-bond acceptors (Lipinski definition) is 5. The number of carboxylic acid groups (broad SMARTS) is 1. The first-order valence-corrected chi connectivity index (χ1v) is 7.45. The van der Waals surface area contributed by atoms with Crippen LogP contribution in [0.4, 0.5) is 0 Å². The molecule has 0 radical (unpaired) electrons. The molecule has 1 saturated carbocycles. The number of benzene rings is 1. The number of rotatable bonds is 6. The molecule has 0 spiro atoms. The Kier molecular flexibility index (Phi) is 4.03. The molecular weight excluding hydrogens is 338 g/mol. The molecule has 0 amide bonds. The number of halogens is 1. The molecule has 2 aromatic rings. The second kappa shape index (κ2) is 5.95. The van der Waals surface area contributed by atoms with Gasteiger partial charge < -0.3 is 9.63 Å². The van der Waals surface area contributed by atoms with E-state index in [1.54, 1.807) is 0 Å². The van der Waals surface area contributed by atoms with Crippen LogP contribution in [0, 0.1) is 0 Å². The second-order valence-corrected chi connectivity index (χ2v) is 5.97. The molecule has 3 rings (SSSR count). The minimum atomic E-state index is -0.839. The van der Waals surface area contributed by atoms with Crippen molar-refractivity contribution in [3.8, 4) is 11.4 Å². The molecule has 1 fully saturated rings. The minimum absolute atomic E-state index is 0.000729. The molecule has 0 unspecified atom stereocenters.